The van der Waals surface area contributed by atoms with E-state index < -0.39 is 0 Å². The number of rotatable bonds is 12. The van der Waals surface area contributed by atoms with Crippen molar-refractivity contribution in [3.05, 3.63) is 66.6 Å². The molecule has 37 heavy (non-hydrogen) atoms. The van der Waals surface area contributed by atoms with Gasteiger partial charge in [0.15, 0.2) is 23.1 Å². The molecule has 10 nitrogen and oxygen atoms in total. The fourth-order valence-electron chi connectivity index (χ4n) is 4.29. The molecule has 0 bridgehead atoms. The number of nitrogen functional groups attached to an aromatic ring is 1. The van der Waals surface area contributed by atoms with E-state index in [0.717, 1.165) is 60.3 Å². The van der Waals surface area contributed by atoms with Crippen LogP contribution in [0.3, 0.4) is 0 Å². The zero-order valence-electron chi connectivity index (χ0n) is 20.8. The SMILES string of the molecule is CCn1c(-c2nonc2N)nc2c(-c3ccccc3)ncc(OCCCCNCCc3ccccn3)c21. The zero-order valence-corrected chi connectivity index (χ0v) is 20.8. The number of fused-ring (bicyclic) bond motifs is 1. The normalized spacial score (nSPS) is 11.3. The highest BCUT2D eigenvalue weighted by atomic mass is 16.6. The first-order valence-electron chi connectivity index (χ1n) is 12.5. The minimum atomic E-state index is 0.192. The Kier molecular flexibility index (Phi) is 7.66. The molecule has 0 spiro atoms. The van der Waals surface area contributed by atoms with Gasteiger partial charge in [0.05, 0.1) is 18.5 Å². The van der Waals surface area contributed by atoms with Gasteiger partial charge in [0, 0.05) is 37.0 Å². The quantitative estimate of drug-likeness (QED) is 0.244. The second-order valence-corrected chi connectivity index (χ2v) is 8.59. The van der Waals surface area contributed by atoms with E-state index in [2.05, 4.69) is 20.6 Å². The predicted octanol–water partition coefficient (Wildman–Crippen LogP) is 4.14. The van der Waals surface area contributed by atoms with Gasteiger partial charge in [-0.25, -0.2) is 14.6 Å². The first-order chi connectivity index (χ1) is 18.3. The van der Waals surface area contributed by atoms with Crippen molar-refractivity contribution < 1.29 is 9.37 Å². The lowest BCUT2D eigenvalue weighted by atomic mass is 10.1. The summed E-state index contributed by atoms with van der Waals surface area (Å²) < 4.78 is 13.1. The third-order valence-electron chi connectivity index (χ3n) is 6.11. The number of hydrogen-bond acceptors (Lipinski definition) is 9. The summed E-state index contributed by atoms with van der Waals surface area (Å²) in [5.74, 6) is 1.44. The van der Waals surface area contributed by atoms with Gasteiger partial charge in [0.2, 0.25) is 0 Å². The Bertz CT molecular complexity index is 1430. The molecule has 190 valence electrons. The van der Waals surface area contributed by atoms with Crippen LogP contribution in [0.25, 0.3) is 33.8 Å². The average Bonchev–Trinajstić information content (AvgIpc) is 3.54. The molecule has 0 unspecified atom stereocenters. The van der Waals surface area contributed by atoms with Crippen LogP contribution >= 0.6 is 0 Å². The minimum Gasteiger partial charge on any atom is -0.490 e. The number of ether oxygens (including phenoxy) is 1. The lowest BCUT2D eigenvalue weighted by Gasteiger charge is -2.12. The third-order valence-corrected chi connectivity index (χ3v) is 6.11. The van der Waals surface area contributed by atoms with E-state index in [1.54, 1.807) is 6.20 Å². The van der Waals surface area contributed by atoms with Crippen LogP contribution in [0.1, 0.15) is 25.5 Å². The largest absolute Gasteiger partial charge is 0.490 e. The third kappa shape index (κ3) is 5.44. The van der Waals surface area contributed by atoms with Crippen LogP contribution in [-0.4, -0.2) is 49.5 Å². The smallest absolute Gasteiger partial charge is 0.199 e. The number of hydrogen-bond donors (Lipinski definition) is 2. The summed E-state index contributed by atoms with van der Waals surface area (Å²) in [6.07, 6.45) is 6.43. The second-order valence-electron chi connectivity index (χ2n) is 8.59. The van der Waals surface area contributed by atoms with Crippen LogP contribution in [0.5, 0.6) is 5.75 Å². The number of nitrogens with zero attached hydrogens (tertiary/aromatic N) is 6. The van der Waals surface area contributed by atoms with Gasteiger partial charge in [-0.1, -0.05) is 36.4 Å². The fourth-order valence-corrected chi connectivity index (χ4v) is 4.29. The summed E-state index contributed by atoms with van der Waals surface area (Å²) in [5, 5.41) is 11.2. The van der Waals surface area contributed by atoms with Crippen molar-refractivity contribution in [2.45, 2.75) is 32.7 Å². The molecule has 0 aliphatic rings. The van der Waals surface area contributed by atoms with E-state index in [1.165, 1.54) is 0 Å². The Balaban J connectivity index is 1.30. The number of aromatic nitrogens is 6. The molecule has 4 heterocycles. The molecule has 0 fully saturated rings. The molecule has 10 heteroatoms. The molecule has 0 amide bonds. The molecule has 1 aromatic carbocycles. The highest BCUT2D eigenvalue weighted by Crippen LogP contribution is 2.36. The van der Waals surface area contributed by atoms with Crippen molar-refractivity contribution in [1.29, 1.82) is 0 Å². The number of nitrogens with one attached hydrogen (secondary N) is 1. The molecule has 0 aliphatic heterocycles. The second kappa shape index (κ2) is 11.6. The van der Waals surface area contributed by atoms with Gasteiger partial charge in [-0.15, -0.1) is 0 Å². The molecular formula is C27H30N8O2. The summed E-state index contributed by atoms with van der Waals surface area (Å²) in [6, 6.07) is 16.0. The van der Waals surface area contributed by atoms with E-state index in [-0.39, 0.29) is 5.82 Å². The lowest BCUT2D eigenvalue weighted by Crippen LogP contribution is -2.19. The van der Waals surface area contributed by atoms with Crippen molar-refractivity contribution in [3.63, 3.8) is 0 Å². The Morgan fingerprint density at radius 2 is 1.84 bits per heavy atom. The van der Waals surface area contributed by atoms with Crippen LogP contribution in [0.2, 0.25) is 0 Å². The molecule has 0 saturated carbocycles. The maximum absolute atomic E-state index is 6.24. The van der Waals surface area contributed by atoms with Crippen LogP contribution in [0.4, 0.5) is 5.82 Å². The number of imidazole rings is 1. The van der Waals surface area contributed by atoms with Gasteiger partial charge in [-0.05, 0) is 48.8 Å². The van der Waals surface area contributed by atoms with Gasteiger partial charge in [0.25, 0.3) is 0 Å². The van der Waals surface area contributed by atoms with Crippen LogP contribution in [0, 0.1) is 0 Å². The van der Waals surface area contributed by atoms with Gasteiger partial charge < -0.3 is 20.4 Å². The number of anilines is 1. The Hall–Kier alpha value is -4.31. The number of unbranched alkanes of at least 4 members (excludes halogenated alkanes) is 1. The molecule has 0 aliphatic carbocycles. The maximum atomic E-state index is 6.24. The number of benzene rings is 1. The van der Waals surface area contributed by atoms with Gasteiger partial charge in [0.1, 0.15) is 11.0 Å². The van der Waals surface area contributed by atoms with E-state index in [4.69, 9.17) is 25.1 Å². The Morgan fingerprint density at radius 1 is 0.973 bits per heavy atom. The Morgan fingerprint density at radius 3 is 2.59 bits per heavy atom. The fraction of sp³-hybridized carbons (Fsp3) is 0.296. The lowest BCUT2D eigenvalue weighted by molar-refractivity contribution is 0.307. The molecule has 3 N–H and O–H groups in total. The highest BCUT2D eigenvalue weighted by Gasteiger charge is 2.23. The zero-order chi connectivity index (χ0) is 25.5. The minimum absolute atomic E-state index is 0.192. The molecule has 5 aromatic rings. The summed E-state index contributed by atoms with van der Waals surface area (Å²) >= 11 is 0. The van der Waals surface area contributed by atoms with Crippen LogP contribution in [0.15, 0.2) is 65.6 Å². The predicted molar refractivity (Wildman–Crippen MR) is 142 cm³/mol. The number of aryl methyl sites for hydroxylation is 1. The summed E-state index contributed by atoms with van der Waals surface area (Å²) in [6.45, 7) is 5.07. The molecule has 5 rings (SSSR count). The van der Waals surface area contributed by atoms with E-state index in [0.29, 0.717) is 30.4 Å². The van der Waals surface area contributed by atoms with E-state index in [1.807, 2.05) is 66.2 Å². The highest BCUT2D eigenvalue weighted by molar-refractivity contribution is 5.95. The summed E-state index contributed by atoms with van der Waals surface area (Å²) in [7, 11) is 0. The van der Waals surface area contributed by atoms with Crippen molar-refractivity contribution in [1.82, 2.24) is 35.1 Å². The number of pyridine rings is 2. The van der Waals surface area contributed by atoms with Gasteiger partial charge in [-0.3, -0.25) is 4.98 Å². The van der Waals surface area contributed by atoms with Crippen LogP contribution in [-0.2, 0) is 13.0 Å². The molecular weight excluding hydrogens is 468 g/mol. The Labute approximate surface area is 214 Å². The standard InChI is InChI=1S/C27H30N8O2/c1-2-35-25-21(36-17-9-8-14-29-16-13-20-12-6-7-15-30-20)18-31-22(19-10-4-3-5-11-19)23(25)32-27(35)24-26(28)34-37-33-24/h3-7,10-12,15,18,29H,2,8-9,13-14,16-17H2,1H3,(H2,28,34). The van der Waals surface area contributed by atoms with E-state index in [9.17, 15) is 0 Å². The van der Waals surface area contributed by atoms with Gasteiger partial charge >= 0.3 is 0 Å². The molecule has 0 radical (unpaired) electrons. The van der Waals surface area contributed by atoms with Crippen molar-refractivity contribution >= 4 is 16.9 Å². The molecule has 0 saturated heterocycles. The van der Waals surface area contributed by atoms with E-state index >= 15 is 0 Å². The average molecular weight is 499 g/mol. The first-order valence-corrected chi connectivity index (χ1v) is 12.5. The van der Waals surface area contributed by atoms with Crippen molar-refractivity contribution in [3.8, 4) is 28.5 Å². The maximum Gasteiger partial charge on any atom is 0.199 e. The molecule has 4 aromatic heterocycles. The van der Waals surface area contributed by atoms with Crippen molar-refractivity contribution in [2.75, 3.05) is 25.4 Å². The summed E-state index contributed by atoms with van der Waals surface area (Å²) in [5.41, 5.74) is 10.8. The monoisotopic (exact) mass is 498 g/mol. The van der Waals surface area contributed by atoms with Crippen LogP contribution < -0.4 is 15.8 Å². The first kappa shape index (κ1) is 24.4. The van der Waals surface area contributed by atoms with Gasteiger partial charge in [-0.2, -0.15) is 0 Å². The topological polar surface area (TPSA) is 130 Å². The summed E-state index contributed by atoms with van der Waals surface area (Å²) in [4.78, 5) is 14.0. The van der Waals surface area contributed by atoms with Crippen molar-refractivity contribution in [2.24, 2.45) is 0 Å². The number of nitrogens with two attached hydrogens (primary N) is 1. The molecule has 0 atom stereocenters.